The van der Waals surface area contributed by atoms with Gasteiger partial charge in [0, 0.05) is 0 Å². The zero-order valence-corrected chi connectivity index (χ0v) is 7.74. The van der Waals surface area contributed by atoms with E-state index < -0.39 is 0 Å². The number of rotatable bonds is 2. The average molecular weight is 196 g/mol. The van der Waals surface area contributed by atoms with Crippen LogP contribution in [-0.4, -0.2) is 16.1 Å². The molecule has 76 valence electrons. The van der Waals surface area contributed by atoms with E-state index in [1.165, 1.54) is 6.07 Å². The number of amides is 1. The highest BCUT2D eigenvalue weighted by molar-refractivity contribution is 5.78. The van der Waals surface area contributed by atoms with Crippen molar-refractivity contribution in [1.29, 1.82) is 0 Å². The second-order valence-corrected chi connectivity index (χ2v) is 2.96. The number of hydrogen-bond acceptors (Lipinski definition) is 4. The molecule has 0 heterocycles. The van der Waals surface area contributed by atoms with E-state index in [9.17, 15) is 9.90 Å². The van der Waals surface area contributed by atoms with Gasteiger partial charge in [0.1, 0.15) is 0 Å². The van der Waals surface area contributed by atoms with Gasteiger partial charge in [-0.2, -0.15) is 0 Å². The van der Waals surface area contributed by atoms with E-state index in [0.29, 0.717) is 11.1 Å². The number of phenols is 2. The number of aromatic hydroxyl groups is 2. The van der Waals surface area contributed by atoms with Gasteiger partial charge in [-0.25, -0.2) is 5.84 Å². The molecule has 1 amide bonds. The fraction of sp³-hybridized carbons (Fsp3) is 0.222. The molecule has 0 aliphatic heterocycles. The summed E-state index contributed by atoms with van der Waals surface area (Å²) in [5.41, 5.74) is 3.10. The monoisotopic (exact) mass is 196 g/mol. The number of nitrogens with one attached hydrogen (secondary N) is 1. The molecule has 0 unspecified atom stereocenters. The predicted octanol–water partition coefficient (Wildman–Crippen LogP) is -0.0614. The van der Waals surface area contributed by atoms with Crippen molar-refractivity contribution < 1.29 is 15.0 Å². The third-order valence-electron chi connectivity index (χ3n) is 2.03. The van der Waals surface area contributed by atoms with Gasteiger partial charge in [0.05, 0.1) is 6.42 Å². The Bertz CT molecular complexity index is 363. The summed E-state index contributed by atoms with van der Waals surface area (Å²) in [6.45, 7) is 1.62. The maximum absolute atomic E-state index is 10.9. The second-order valence-electron chi connectivity index (χ2n) is 2.96. The minimum atomic E-state index is -0.349. The number of benzene rings is 1. The Kier molecular flexibility index (Phi) is 2.93. The Morgan fingerprint density at radius 2 is 2.14 bits per heavy atom. The molecule has 14 heavy (non-hydrogen) atoms. The number of hydrazine groups is 1. The first-order chi connectivity index (χ1) is 6.56. The molecule has 1 aromatic rings. The molecule has 1 aromatic carbocycles. The lowest BCUT2D eigenvalue weighted by molar-refractivity contribution is -0.120. The fourth-order valence-corrected chi connectivity index (χ4v) is 1.14. The molecular weight excluding hydrogens is 184 g/mol. The minimum Gasteiger partial charge on any atom is -0.504 e. The molecule has 0 spiro atoms. The van der Waals surface area contributed by atoms with Gasteiger partial charge in [-0.1, -0.05) is 6.07 Å². The Morgan fingerprint density at radius 3 is 2.71 bits per heavy atom. The third kappa shape index (κ3) is 1.94. The molecule has 0 aliphatic carbocycles. The standard InChI is InChI=1S/C9H12N2O3/c1-5-6(4-8(13)11-10)2-3-7(12)9(5)14/h2-3,12,14H,4,10H2,1H3,(H,11,13). The molecule has 0 bridgehead atoms. The van der Waals surface area contributed by atoms with Crippen molar-refractivity contribution in [3.63, 3.8) is 0 Å². The summed E-state index contributed by atoms with van der Waals surface area (Å²) in [5.74, 6) is 4.18. The zero-order valence-electron chi connectivity index (χ0n) is 7.74. The Hall–Kier alpha value is -1.75. The summed E-state index contributed by atoms with van der Waals surface area (Å²) < 4.78 is 0. The average Bonchev–Trinajstić information content (AvgIpc) is 2.19. The smallest absolute Gasteiger partial charge is 0.238 e. The highest BCUT2D eigenvalue weighted by Gasteiger charge is 2.10. The van der Waals surface area contributed by atoms with Gasteiger partial charge in [-0.05, 0) is 24.1 Å². The molecule has 0 aliphatic rings. The van der Waals surface area contributed by atoms with Crippen LogP contribution in [0.1, 0.15) is 11.1 Å². The molecule has 0 atom stereocenters. The molecule has 5 N–H and O–H groups in total. The topological polar surface area (TPSA) is 95.6 Å². The van der Waals surface area contributed by atoms with Crippen molar-refractivity contribution in [2.24, 2.45) is 5.84 Å². The third-order valence-corrected chi connectivity index (χ3v) is 2.03. The minimum absolute atomic E-state index is 0.0795. The molecule has 0 radical (unpaired) electrons. The van der Waals surface area contributed by atoms with Crippen LogP contribution in [0.25, 0.3) is 0 Å². The molecule has 5 heteroatoms. The molecule has 0 aromatic heterocycles. The molecular formula is C9H12N2O3. The van der Waals surface area contributed by atoms with Crippen LogP contribution in [0.4, 0.5) is 0 Å². The van der Waals surface area contributed by atoms with E-state index in [1.807, 2.05) is 5.43 Å². The van der Waals surface area contributed by atoms with Gasteiger partial charge >= 0.3 is 0 Å². The number of carbonyl (C=O) groups is 1. The summed E-state index contributed by atoms with van der Waals surface area (Å²) in [4.78, 5) is 10.9. The van der Waals surface area contributed by atoms with E-state index in [0.717, 1.165) is 0 Å². The van der Waals surface area contributed by atoms with Crippen molar-refractivity contribution in [2.45, 2.75) is 13.3 Å². The maximum atomic E-state index is 10.9. The van der Waals surface area contributed by atoms with Crippen molar-refractivity contribution in [3.8, 4) is 11.5 Å². The predicted molar refractivity (Wildman–Crippen MR) is 50.5 cm³/mol. The van der Waals surface area contributed by atoms with E-state index >= 15 is 0 Å². The Balaban J connectivity index is 3.00. The molecule has 5 nitrogen and oxygen atoms in total. The van der Waals surface area contributed by atoms with Gasteiger partial charge in [-0.15, -0.1) is 0 Å². The lowest BCUT2D eigenvalue weighted by Gasteiger charge is -2.07. The SMILES string of the molecule is Cc1c(CC(=O)NN)ccc(O)c1O. The number of hydrogen-bond donors (Lipinski definition) is 4. The maximum Gasteiger partial charge on any atom is 0.238 e. The molecule has 0 saturated carbocycles. The lowest BCUT2D eigenvalue weighted by atomic mass is 10.0. The molecule has 0 fully saturated rings. The highest BCUT2D eigenvalue weighted by Crippen LogP contribution is 2.30. The van der Waals surface area contributed by atoms with Gasteiger partial charge < -0.3 is 10.2 Å². The number of carbonyl (C=O) groups excluding carboxylic acids is 1. The quantitative estimate of drug-likeness (QED) is 0.230. The van der Waals surface area contributed by atoms with Gasteiger partial charge in [-0.3, -0.25) is 10.2 Å². The van der Waals surface area contributed by atoms with Crippen molar-refractivity contribution in [2.75, 3.05) is 0 Å². The lowest BCUT2D eigenvalue weighted by Crippen LogP contribution is -2.31. The van der Waals surface area contributed by atoms with E-state index in [4.69, 9.17) is 10.9 Å². The van der Waals surface area contributed by atoms with E-state index in [1.54, 1.807) is 13.0 Å². The zero-order chi connectivity index (χ0) is 10.7. The van der Waals surface area contributed by atoms with Crippen LogP contribution in [-0.2, 0) is 11.2 Å². The summed E-state index contributed by atoms with van der Waals surface area (Å²) in [6, 6.07) is 2.90. The first-order valence-corrected chi connectivity index (χ1v) is 4.06. The van der Waals surface area contributed by atoms with Crippen molar-refractivity contribution >= 4 is 5.91 Å². The van der Waals surface area contributed by atoms with Crippen LogP contribution in [0.15, 0.2) is 12.1 Å². The summed E-state index contributed by atoms with van der Waals surface area (Å²) in [5, 5.41) is 18.5. The first kappa shape index (κ1) is 10.3. The Morgan fingerprint density at radius 1 is 1.50 bits per heavy atom. The van der Waals surface area contributed by atoms with E-state index in [-0.39, 0.29) is 23.8 Å². The first-order valence-electron chi connectivity index (χ1n) is 4.06. The molecule has 0 saturated heterocycles. The summed E-state index contributed by atoms with van der Waals surface area (Å²) in [6.07, 6.45) is 0.0795. The summed E-state index contributed by atoms with van der Waals surface area (Å²) in [7, 11) is 0. The Labute approximate surface area is 81.1 Å². The van der Waals surface area contributed by atoms with Crippen LogP contribution >= 0.6 is 0 Å². The highest BCUT2D eigenvalue weighted by atomic mass is 16.3. The molecule has 1 rings (SSSR count). The van der Waals surface area contributed by atoms with Gasteiger partial charge in [0.15, 0.2) is 11.5 Å². The van der Waals surface area contributed by atoms with E-state index in [2.05, 4.69) is 0 Å². The van der Waals surface area contributed by atoms with Crippen LogP contribution < -0.4 is 11.3 Å². The fourth-order valence-electron chi connectivity index (χ4n) is 1.14. The van der Waals surface area contributed by atoms with Crippen LogP contribution in [0, 0.1) is 6.92 Å². The van der Waals surface area contributed by atoms with Gasteiger partial charge in [0.2, 0.25) is 5.91 Å². The van der Waals surface area contributed by atoms with Crippen LogP contribution in [0.2, 0.25) is 0 Å². The van der Waals surface area contributed by atoms with Crippen molar-refractivity contribution in [3.05, 3.63) is 23.3 Å². The number of nitrogens with two attached hydrogens (primary N) is 1. The normalized spacial score (nSPS) is 9.86. The van der Waals surface area contributed by atoms with Crippen molar-refractivity contribution in [1.82, 2.24) is 5.43 Å². The van der Waals surface area contributed by atoms with Crippen LogP contribution in [0.5, 0.6) is 11.5 Å². The largest absolute Gasteiger partial charge is 0.504 e. The second kappa shape index (κ2) is 3.97. The van der Waals surface area contributed by atoms with Crippen LogP contribution in [0.3, 0.4) is 0 Å². The number of phenolic OH excluding ortho intramolecular Hbond substituents is 2. The summed E-state index contributed by atoms with van der Waals surface area (Å²) >= 11 is 0. The van der Waals surface area contributed by atoms with Gasteiger partial charge in [0.25, 0.3) is 0 Å².